The Hall–Kier alpha value is -2.69. The number of esters is 1. The minimum Gasteiger partial charge on any atom is -0.448 e. The number of hydrogen-bond acceptors (Lipinski definition) is 3. The number of anilines is 1. The summed E-state index contributed by atoms with van der Waals surface area (Å²) in [7, 11) is 0. The quantitative estimate of drug-likeness (QED) is 0.868. The molecule has 0 bridgehead atoms. The van der Waals surface area contributed by atoms with E-state index in [1.54, 1.807) is 31.2 Å². The van der Waals surface area contributed by atoms with E-state index in [1.165, 1.54) is 12.1 Å². The van der Waals surface area contributed by atoms with Gasteiger partial charge in [-0.2, -0.15) is 0 Å². The van der Waals surface area contributed by atoms with Gasteiger partial charge in [0, 0.05) is 12.1 Å². The van der Waals surface area contributed by atoms with E-state index in [9.17, 15) is 14.0 Å². The van der Waals surface area contributed by atoms with Crippen molar-refractivity contribution in [2.24, 2.45) is 0 Å². The fraction of sp³-hybridized carbons (Fsp3) is 0.176. The summed E-state index contributed by atoms with van der Waals surface area (Å²) >= 11 is 0. The van der Waals surface area contributed by atoms with Crippen molar-refractivity contribution in [3.63, 3.8) is 0 Å². The van der Waals surface area contributed by atoms with Gasteiger partial charge in [-0.15, -0.1) is 0 Å². The maximum atomic E-state index is 13.3. The Kier molecular flexibility index (Phi) is 3.63. The van der Waals surface area contributed by atoms with Crippen molar-refractivity contribution in [2.75, 3.05) is 5.32 Å². The molecule has 2 aromatic rings. The van der Waals surface area contributed by atoms with E-state index in [0.29, 0.717) is 17.7 Å². The van der Waals surface area contributed by atoms with Crippen LogP contribution in [-0.4, -0.2) is 18.0 Å². The molecule has 2 aromatic carbocycles. The molecule has 1 atom stereocenters. The van der Waals surface area contributed by atoms with Crippen LogP contribution in [0.1, 0.15) is 21.5 Å². The summed E-state index contributed by atoms with van der Waals surface area (Å²) < 4.78 is 18.4. The van der Waals surface area contributed by atoms with E-state index in [0.717, 1.165) is 11.1 Å². The molecule has 0 unspecified atom stereocenters. The Balaban J connectivity index is 1.79. The summed E-state index contributed by atoms with van der Waals surface area (Å²) in [5, 5.41) is 2.62. The minimum absolute atomic E-state index is 0.308. The van der Waals surface area contributed by atoms with E-state index in [2.05, 4.69) is 5.32 Å². The van der Waals surface area contributed by atoms with E-state index >= 15 is 0 Å². The number of hydrogen-bond donors (Lipinski definition) is 1. The van der Waals surface area contributed by atoms with Gasteiger partial charge < -0.3 is 10.1 Å². The minimum atomic E-state index is -0.912. The Bertz CT molecular complexity index is 757. The molecule has 0 aromatic heterocycles. The SMILES string of the molecule is Cc1ccc(F)cc1NC(=O)[C@H]1Cc2ccccc2C(=O)O1. The number of benzene rings is 2. The van der Waals surface area contributed by atoms with Crippen LogP contribution in [0, 0.1) is 12.7 Å². The zero-order valence-electron chi connectivity index (χ0n) is 11.9. The molecule has 0 aliphatic carbocycles. The molecule has 1 amide bonds. The fourth-order valence-electron chi connectivity index (χ4n) is 2.42. The lowest BCUT2D eigenvalue weighted by Gasteiger charge is -2.24. The van der Waals surface area contributed by atoms with Crippen LogP contribution in [0.3, 0.4) is 0 Å². The first kappa shape index (κ1) is 14.3. The largest absolute Gasteiger partial charge is 0.448 e. The van der Waals surface area contributed by atoms with Crippen LogP contribution in [0.2, 0.25) is 0 Å². The fourth-order valence-corrected chi connectivity index (χ4v) is 2.42. The lowest BCUT2D eigenvalue weighted by Crippen LogP contribution is -2.38. The molecule has 3 rings (SSSR count). The first-order valence-corrected chi connectivity index (χ1v) is 6.90. The van der Waals surface area contributed by atoms with E-state index in [-0.39, 0.29) is 0 Å². The van der Waals surface area contributed by atoms with Gasteiger partial charge in [0.2, 0.25) is 0 Å². The van der Waals surface area contributed by atoms with Gasteiger partial charge in [0.1, 0.15) is 5.82 Å². The smallest absolute Gasteiger partial charge is 0.339 e. The van der Waals surface area contributed by atoms with Crippen molar-refractivity contribution >= 4 is 17.6 Å². The lowest BCUT2D eigenvalue weighted by molar-refractivity contribution is -0.125. The second kappa shape index (κ2) is 5.60. The van der Waals surface area contributed by atoms with E-state index < -0.39 is 23.8 Å². The zero-order chi connectivity index (χ0) is 15.7. The predicted molar refractivity (Wildman–Crippen MR) is 79.1 cm³/mol. The molecule has 4 nitrogen and oxygen atoms in total. The molecule has 1 aliphatic rings. The van der Waals surface area contributed by atoms with Gasteiger partial charge in [-0.05, 0) is 36.2 Å². The van der Waals surface area contributed by atoms with Gasteiger partial charge in [0.05, 0.1) is 5.56 Å². The normalized spacial score (nSPS) is 16.6. The summed E-state index contributed by atoms with van der Waals surface area (Å²) in [5.41, 5.74) is 2.36. The van der Waals surface area contributed by atoms with Gasteiger partial charge in [-0.1, -0.05) is 24.3 Å². The molecule has 0 saturated heterocycles. The van der Waals surface area contributed by atoms with Gasteiger partial charge >= 0.3 is 5.97 Å². The van der Waals surface area contributed by atoms with Crippen LogP contribution in [0.4, 0.5) is 10.1 Å². The number of halogens is 1. The highest BCUT2D eigenvalue weighted by atomic mass is 19.1. The number of amides is 1. The van der Waals surface area contributed by atoms with Gasteiger partial charge in [0.15, 0.2) is 6.10 Å². The molecule has 0 spiro atoms. The highest BCUT2D eigenvalue weighted by Gasteiger charge is 2.31. The number of carbonyl (C=O) groups is 2. The molecule has 0 saturated carbocycles. The molecule has 112 valence electrons. The molecular formula is C17H14FNO3. The highest BCUT2D eigenvalue weighted by Crippen LogP contribution is 2.22. The van der Waals surface area contributed by atoms with Crippen LogP contribution >= 0.6 is 0 Å². The molecule has 0 fully saturated rings. The average Bonchev–Trinajstić information content (AvgIpc) is 2.51. The van der Waals surface area contributed by atoms with Crippen molar-refractivity contribution in [3.8, 4) is 0 Å². The zero-order valence-corrected chi connectivity index (χ0v) is 11.9. The number of cyclic esters (lactones) is 1. The monoisotopic (exact) mass is 299 g/mol. The standard InChI is InChI=1S/C17H14FNO3/c1-10-6-7-12(18)9-14(10)19-16(20)15-8-11-4-2-3-5-13(11)17(21)22-15/h2-7,9,15H,8H2,1H3,(H,19,20)/t15-/m1/s1. The summed E-state index contributed by atoms with van der Waals surface area (Å²) in [5.74, 6) is -1.42. The Labute approximate surface area is 126 Å². The topological polar surface area (TPSA) is 55.4 Å². The van der Waals surface area contributed by atoms with Crippen molar-refractivity contribution in [1.82, 2.24) is 0 Å². The average molecular weight is 299 g/mol. The van der Waals surface area contributed by atoms with Crippen LogP contribution in [-0.2, 0) is 16.0 Å². The Morgan fingerprint density at radius 2 is 2.05 bits per heavy atom. The molecule has 1 aliphatic heterocycles. The van der Waals surface area contributed by atoms with Crippen LogP contribution < -0.4 is 5.32 Å². The third-order valence-corrected chi connectivity index (χ3v) is 3.64. The number of aryl methyl sites for hydroxylation is 1. The molecular weight excluding hydrogens is 285 g/mol. The molecule has 0 radical (unpaired) electrons. The third kappa shape index (κ3) is 2.70. The highest BCUT2D eigenvalue weighted by molar-refractivity contribution is 6.00. The second-order valence-electron chi connectivity index (χ2n) is 5.20. The lowest BCUT2D eigenvalue weighted by atomic mass is 9.98. The van der Waals surface area contributed by atoms with Crippen LogP contribution in [0.15, 0.2) is 42.5 Å². The summed E-state index contributed by atoms with van der Waals surface area (Å²) in [6, 6.07) is 11.2. The molecule has 5 heteroatoms. The maximum absolute atomic E-state index is 13.3. The van der Waals surface area contributed by atoms with Crippen molar-refractivity contribution in [1.29, 1.82) is 0 Å². The molecule has 1 N–H and O–H groups in total. The van der Waals surface area contributed by atoms with Crippen molar-refractivity contribution in [3.05, 3.63) is 65.0 Å². The Morgan fingerprint density at radius 1 is 1.27 bits per heavy atom. The maximum Gasteiger partial charge on any atom is 0.339 e. The first-order chi connectivity index (χ1) is 10.5. The summed E-state index contributed by atoms with van der Waals surface area (Å²) in [4.78, 5) is 24.2. The Morgan fingerprint density at radius 3 is 2.86 bits per heavy atom. The second-order valence-corrected chi connectivity index (χ2v) is 5.20. The summed E-state index contributed by atoms with van der Waals surface area (Å²) in [6.45, 7) is 1.76. The number of nitrogens with one attached hydrogen (secondary N) is 1. The predicted octanol–water partition coefficient (Wildman–Crippen LogP) is 2.85. The van der Waals surface area contributed by atoms with E-state index in [4.69, 9.17) is 4.74 Å². The molecule has 22 heavy (non-hydrogen) atoms. The van der Waals surface area contributed by atoms with Crippen LogP contribution in [0.25, 0.3) is 0 Å². The summed E-state index contributed by atoms with van der Waals surface area (Å²) in [6.07, 6.45) is -0.604. The van der Waals surface area contributed by atoms with Crippen LogP contribution in [0.5, 0.6) is 0 Å². The number of fused-ring (bicyclic) bond motifs is 1. The first-order valence-electron chi connectivity index (χ1n) is 6.90. The third-order valence-electron chi connectivity index (χ3n) is 3.64. The van der Waals surface area contributed by atoms with E-state index in [1.807, 2.05) is 6.07 Å². The van der Waals surface area contributed by atoms with Gasteiger partial charge in [-0.3, -0.25) is 4.79 Å². The van der Waals surface area contributed by atoms with Gasteiger partial charge in [-0.25, -0.2) is 9.18 Å². The number of ether oxygens (including phenoxy) is 1. The van der Waals surface area contributed by atoms with Crippen molar-refractivity contribution < 1.29 is 18.7 Å². The number of rotatable bonds is 2. The van der Waals surface area contributed by atoms with Gasteiger partial charge in [0.25, 0.3) is 5.91 Å². The number of carbonyl (C=O) groups excluding carboxylic acids is 2. The van der Waals surface area contributed by atoms with Crippen molar-refractivity contribution in [2.45, 2.75) is 19.4 Å². The molecule has 1 heterocycles.